The number of rotatable bonds is 0. The van der Waals surface area contributed by atoms with Gasteiger partial charge in [0.25, 0.3) is 0 Å². The molecule has 3 aromatic rings. The lowest BCUT2D eigenvalue weighted by atomic mass is 10.2. The third-order valence-electron chi connectivity index (χ3n) is 2.49. The summed E-state index contributed by atoms with van der Waals surface area (Å²) in [6.07, 6.45) is 0. The highest BCUT2D eigenvalue weighted by Gasteiger charge is 2.10. The molecule has 0 aliphatic heterocycles. The Hall–Kier alpha value is -2.28. The van der Waals surface area contributed by atoms with Crippen LogP contribution in [0, 0.1) is 0 Å². The van der Waals surface area contributed by atoms with Crippen molar-refractivity contribution in [2.75, 3.05) is 5.73 Å². The molecule has 0 saturated carbocycles. The molecule has 0 aliphatic carbocycles. The lowest BCUT2D eigenvalue weighted by molar-refractivity contribution is 0.958. The number of aromatic amines is 2. The molecule has 0 amide bonds. The van der Waals surface area contributed by atoms with Gasteiger partial charge < -0.3 is 10.7 Å². The van der Waals surface area contributed by atoms with E-state index in [2.05, 4.69) is 15.2 Å². The zero-order valence-corrected chi connectivity index (χ0v) is 9.08. The molecule has 0 spiro atoms. The van der Waals surface area contributed by atoms with E-state index in [1.807, 2.05) is 0 Å². The summed E-state index contributed by atoms with van der Waals surface area (Å²) in [4.78, 5) is 25.5. The molecule has 3 rings (SSSR count). The highest BCUT2D eigenvalue weighted by Crippen LogP contribution is 2.25. The average Bonchev–Trinajstić information content (AvgIpc) is 2.65. The summed E-state index contributed by atoms with van der Waals surface area (Å²) in [5, 5.41) is 6.87. The molecule has 4 N–H and O–H groups in total. The van der Waals surface area contributed by atoms with E-state index in [0.29, 0.717) is 21.6 Å². The molecule has 1 aromatic carbocycles. The van der Waals surface area contributed by atoms with E-state index in [0.717, 1.165) is 4.40 Å². The SMILES string of the molecule is Nc1cc2c(cc1Cl)[nH]c(=O)n1c(=O)[nH]nc21. The Morgan fingerprint density at radius 3 is 2.82 bits per heavy atom. The predicted octanol–water partition coefficient (Wildman–Crippen LogP) is 0.0997. The predicted molar refractivity (Wildman–Crippen MR) is 63.4 cm³/mol. The molecule has 8 heteroatoms. The number of aromatic nitrogens is 4. The van der Waals surface area contributed by atoms with Crippen LogP contribution in [-0.4, -0.2) is 19.6 Å². The molecule has 7 nitrogen and oxygen atoms in total. The summed E-state index contributed by atoms with van der Waals surface area (Å²) >= 11 is 5.85. The fourth-order valence-corrected chi connectivity index (χ4v) is 1.88. The van der Waals surface area contributed by atoms with Gasteiger partial charge in [-0.15, -0.1) is 0 Å². The summed E-state index contributed by atoms with van der Waals surface area (Å²) in [6.45, 7) is 0. The van der Waals surface area contributed by atoms with E-state index < -0.39 is 11.4 Å². The van der Waals surface area contributed by atoms with E-state index in [-0.39, 0.29) is 5.65 Å². The first-order chi connectivity index (χ1) is 8.08. The topological polar surface area (TPSA) is 109 Å². The summed E-state index contributed by atoms with van der Waals surface area (Å²) in [5.41, 5.74) is 5.54. The zero-order valence-electron chi connectivity index (χ0n) is 8.32. The van der Waals surface area contributed by atoms with Gasteiger partial charge in [-0.05, 0) is 12.1 Å². The standard InChI is InChI=1S/C9H6ClN5O2/c10-4-2-6-3(1-5(4)11)7-13-14-9(17)15(7)8(16)12-6/h1-2H,11H2,(H,12,16)(H,14,17). The lowest BCUT2D eigenvalue weighted by Gasteiger charge is -2.02. The first-order valence-electron chi connectivity index (χ1n) is 4.66. The van der Waals surface area contributed by atoms with E-state index in [9.17, 15) is 9.59 Å². The molecule has 0 atom stereocenters. The molecular formula is C9H6ClN5O2. The number of hydrogen-bond donors (Lipinski definition) is 3. The maximum absolute atomic E-state index is 11.6. The van der Waals surface area contributed by atoms with Gasteiger partial charge >= 0.3 is 11.4 Å². The summed E-state index contributed by atoms with van der Waals surface area (Å²) in [5.74, 6) is 0. The van der Waals surface area contributed by atoms with Gasteiger partial charge in [-0.25, -0.2) is 14.7 Å². The number of halogens is 1. The van der Waals surface area contributed by atoms with Crippen LogP contribution in [0.3, 0.4) is 0 Å². The first kappa shape index (κ1) is 9.91. The molecule has 0 saturated heterocycles. The second kappa shape index (κ2) is 3.11. The van der Waals surface area contributed by atoms with Crippen molar-refractivity contribution in [2.45, 2.75) is 0 Å². The number of fused-ring (bicyclic) bond motifs is 3. The van der Waals surface area contributed by atoms with Crippen LogP contribution in [0.15, 0.2) is 21.7 Å². The second-order valence-corrected chi connectivity index (χ2v) is 3.94. The van der Waals surface area contributed by atoms with Crippen LogP contribution < -0.4 is 17.1 Å². The normalized spacial score (nSPS) is 11.4. The van der Waals surface area contributed by atoms with Crippen LogP contribution >= 0.6 is 11.6 Å². The van der Waals surface area contributed by atoms with Gasteiger partial charge in [-0.3, -0.25) is 0 Å². The van der Waals surface area contributed by atoms with E-state index in [1.54, 1.807) is 6.07 Å². The Bertz CT molecular complexity index is 859. The van der Waals surface area contributed by atoms with E-state index in [4.69, 9.17) is 17.3 Å². The van der Waals surface area contributed by atoms with Gasteiger partial charge in [0, 0.05) is 5.39 Å². The Morgan fingerprint density at radius 1 is 1.29 bits per heavy atom. The van der Waals surface area contributed by atoms with Gasteiger partial charge in [-0.1, -0.05) is 11.6 Å². The summed E-state index contributed by atoms with van der Waals surface area (Å²) in [7, 11) is 0. The van der Waals surface area contributed by atoms with Crippen LogP contribution in [0.4, 0.5) is 5.69 Å². The van der Waals surface area contributed by atoms with Crippen molar-refractivity contribution in [2.24, 2.45) is 0 Å². The molecule has 0 radical (unpaired) electrons. The Kier molecular flexibility index (Phi) is 1.81. The lowest BCUT2D eigenvalue weighted by Crippen LogP contribution is -2.26. The van der Waals surface area contributed by atoms with Crippen molar-refractivity contribution in [3.8, 4) is 0 Å². The van der Waals surface area contributed by atoms with Crippen molar-refractivity contribution in [1.82, 2.24) is 19.6 Å². The molecule has 86 valence electrons. The number of nitrogens with zero attached hydrogens (tertiary/aromatic N) is 2. The van der Waals surface area contributed by atoms with Crippen LogP contribution in [0.25, 0.3) is 16.6 Å². The summed E-state index contributed by atoms with van der Waals surface area (Å²) < 4.78 is 0.898. The Labute approximate surface area is 97.8 Å². The fraction of sp³-hybridized carbons (Fsp3) is 0. The monoisotopic (exact) mass is 251 g/mol. The second-order valence-electron chi connectivity index (χ2n) is 3.54. The van der Waals surface area contributed by atoms with Crippen molar-refractivity contribution in [3.05, 3.63) is 38.1 Å². The minimum atomic E-state index is -0.600. The maximum atomic E-state index is 11.6. The number of H-pyrrole nitrogens is 2. The van der Waals surface area contributed by atoms with Gasteiger partial charge in [0.15, 0.2) is 5.65 Å². The first-order valence-corrected chi connectivity index (χ1v) is 5.04. The van der Waals surface area contributed by atoms with Crippen molar-refractivity contribution >= 4 is 33.8 Å². The molecule has 0 unspecified atom stereocenters. The number of nitrogens with one attached hydrogen (secondary N) is 2. The van der Waals surface area contributed by atoms with Crippen molar-refractivity contribution in [1.29, 1.82) is 0 Å². The van der Waals surface area contributed by atoms with E-state index >= 15 is 0 Å². The minimum Gasteiger partial charge on any atom is -0.398 e. The highest BCUT2D eigenvalue weighted by molar-refractivity contribution is 6.34. The number of hydrogen-bond acceptors (Lipinski definition) is 4. The summed E-state index contributed by atoms with van der Waals surface area (Å²) in [6, 6.07) is 3.08. The maximum Gasteiger partial charge on any atom is 0.351 e. The minimum absolute atomic E-state index is 0.220. The van der Waals surface area contributed by atoms with Gasteiger partial charge in [0.05, 0.1) is 16.2 Å². The van der Waals surface area contributed by atoms with Crippen LogP contribution in [0.1, 0.15) is 0 Å². The molecule has 17 heavy (non-hydrogen) atoms. The molecular weight excluding hydrogens is 246 g/mol. The third-order valence-corrected chi connectivity index (χ3v) is 2.82. The van der Waals surface area contributed by atoms with Gasteiger partial charge in [0.2, 0.25) is 0 Å². The Balaban J connectivity index is 2.69. The molecule has 0 bridgehead atoms. The molecule has 2 aromatic heterocycles. The van der Waals surface area contributed by atoms with Gasteiger partial charge in [0.1, 0.15) is 0 Å². The third kappa shape index (κ3) is 1.26. The van der Waals surface area contributed by atoms with Gasteiger partial charge in [-0.2, -0.15) is 9.50 Å². The van der Waals surface area contributed by atoms with Crippen LogP contribution in [0.2, 0.25) is 5.02 Å². The molecule has 0 fully saturated rings. The largest absolute Gasteiger partial charge is 0.398 e. The van der Waals surface area contributed by atoms with Crippen LogP contribution in [-0.2, 0) is 0 Å². The molecule has 0 aliphatic rings. The van der Waals surface area contributed by atoms with Crippen molar-refractivity contribution in [3.63, 3.8) is 0 Å². The highest BCUT2D eigenvalue weighted by atomic mass is 35.5. The quantitative estimate of drug-likeness (QED) is 0.492. The molecule has 2 heterocycles. The number of benzene rings is 1. The number of anilines is 1. The van der Waals surface area contributed by atoms with E-state index in [1.165, 1.54) is 6.07 Å². The zero-order chi connectivity index (χ0) is 12.2. The smallest absolute Gasteiger partial charge is 0.351 e. The number of nitrogen functional groups attached to an aromatic ring is 1. The van der Waals surface area contributed by atoms with Crippen LogP contribution in [0.5, 0.6) is 0 Å². The average molecular weight is 252 g/mol. The van der Waals surface area contributed by atoms with Crippen molar-refractivity contribution < 1.29 is 0 Å². The number of nitrogens with two attached hydrogens (primary N) is 1. The fourth-order valence-electron chi connectivity index (χ4n) is 1.72. The Morgan fingerprint density at radius 2 is 2.06 bits per heavy atom.